The van der Waals surface area contributed by atoms with E-state index in [1.807, 2.05) is 6.08 Å². The fraction of sp³-hybridized carbons (Fsp3) is 0.429. The lowest BCUT2D eigenvalue weighted by Crippen LogP contribution is -2.16. The van der Waals surface area contributed by atoms with E-state index in [0.29, 0.717) is 0 Å². The lowest BCUT2D eigenvalue weighted by atomic mass is 9.83. The first-order chi connectivity index (χ1) is 25.5. The zero-order valence-corrected chi connectivity index (χ0v) is 35.1. The van der Waals surface area contributed by atoms with Crippen LogP contribution in [0.15, 0.2) is 67.8 Å². The molecule has 0 spiro atoms. The van der Waals surface area contributed by atoms with Gasteiger partial charge in [0.1, 0.15) is 0 Å². The standard InChI is InChI=1S/C49H65N5/c1-16-29(6)23-39-47-38(20-19-28(4)5)33(10)42(53-47)24-40-31(8)36(17-2)44(51-40)25-41-32(9)37(18-3)45(52-41)26-43-34(11)46(48(39)54-43)35(12)50-22-21-30(7)27-49(13,14)15/h17,24-26,33,38,50-51,54H,2,4,6-7,12,16,18-23,27H2,1,3,5,8-11,13-15H3/t33-,38-/m0/s1. The number of nitrogens with zero attached hydrogens (tertiary/aromatic N) is 2. The Morgan fingerprint density at radius 2 is 1.57 bits per heavy atom. The van der Waals surface area contributed by atoms with E-state index in [2.05, 4.69) is 136 Å². The molecule has 0 aliphatic carbocycles. The topological polar surface area (TPSA) is 69.4 Å². The average molecular weight is 724 g/mol. The van der Waals surface area contributed by atoms with Crippen molar-refractivity contribution >= 4 is 45.0 Å². The SMILES string of the molecule is C=Cc1c(C)c2cc3nc(c(CC(=C)CC)c4[nH]c(cc5nc(cc1[nH]2)C(C)=C5CC)c(C)c4C(=C)NCCC(=C)CC(C)(C)C)[C@@H](CCC(=C)C)[C@@H]3C. The smallest absolute Gasteiger partial charge is 0.0693 e. The van der Waals surface area contributed by atoms with Gasteiger partial charge in [0.25, 0.3) is 0 Å². The summed E-state index contributed by atoms with van der Waals surface area (Å²) < 4.78 is 0. The summed E-state index contributed by atoms with van der Waals surface area (Å²) in [6, 6.07) is 6.69. The van der Waals surface area contributed by atoms with Gasteiger partial charge in [0.15, 0.2) is 0 Å². The summed E-state index contributed by atoms with van der Waals surface area (Å²) in [6.07, 6.45) is 8.24. The van der Waals surface area contributed by atoms with Gasteiger partial charge >= 0.3 is 0 Å². The van der Waals surface area contributed by atoms with Crippen molar-refractivity contribution < 1.29 is 0 Å². The van der Waals surface area contributed by atoms with E-state index in [1.165, 1.54) is 33.4 Å². The van der Waals surface area contributed by atoms with Gasteiger partial charge in [-0.1, -0.05) is 90.7 Å². The predicted octanol–water partition coefficient (Wildman–Crippen LogP) is 13.6. The Kier molecular flexibility index (Phi) is 12.3. The van der Waals surface area contributed by atoms with Crippen molar-refractivity contribution in [2.45, 2.75) is 126 Å². The maximum Gasteiger partial charge on any atom is 0.0693 e. The largest absolute Gasteiger partial charge is 0.385 e. The zero-order valence-electron chi connectivity index (χ0n) is 35.1. The summed E-state index contributed by atoms with van der Waals surface area (Å²) in [5.41, 5.74) is 21.3. The molecule has 0 saturated heterocycles. The van der Waals surface area contributed by atoms with Gasteiger partial charge in [0, 0.05) is 63.0 Å². The molecule has 0 radical (unpaired) electrons. The lowest BCUT2D eigenvalue weighted by Gasteiger charge is -2.20. The molecule has 286 valence electrons. The first kappa shape index (κ1) is 40.5. The minimum Gasteiger partial charge on any atom is -0.385 e. The Morgan fingerprint density at radius 3 is 2.20 bits per heavy atom. The number of hydrogen-bond acceptors (Lipinski definition) is 3. The van der Waals surface area contributed by atoms with Crippen LogP contribution in [0, 0.1) is 19.3 Å². The van der Waals surface area contributed by atoms with Crippen molar-refractivity contribution in [1.82, 2.24) is 25.3 Å². The van der Waals surface area contributed by atoms with Gasteiger partial charge in [0.05, 0.1) is 22.6 Å². The molecule has 0 aromatic carbocycles. The average Bonchev–Trinajstić information content (AvgIpc) is 3.78. The van der Waals surface area contributed by atoms with E-state index < -0.39 is 0 Å². The molecule has 0 unspecified atom stereocenters. The maximum atomic E-state index is 5.60. The first-order valence-electron chi connectivity index (χ1n) is 20.0. The molecule has 2 atom stereocenters. The summed E-state index contributed by atoms with van der Waals surface area (Å²) in [6.45, 7) is 45.2. The summed E-state index contributed by atoms with van der Waals surface area (Å²) in [5, 5.41) is 3.73. The van der Waals surface area contributed by atoms with Gasteiger partial charge in [-0.2, -0.15) is 0 Å². The normalized spacial score (nSPS) is 15.7. The number of fused-ring (bicyclic) bond motifs is 8. The van der Waals surface area contributed by atoms with Crippen LogP contribution >= 0.6 is 0 Å². The monoisotopic (exact) mass is 724 g/mol. The second-order valence-corrected chi connectivity index (χ2v) is 17.1. The number of aryl methyl sites for hydroxylation is 2. The van der Waals surface area contributed by atoms with Crippen molar-refractivity contribution in [3.63, 3.8) is 0 Å². The van der Waals surface area contributed by atoms with Gasteiger partial charge < -0.3 is 15.3 Å². The fourth-order valence-corrected chi connectivity index (χ4v) is 8.30. The highest BCUT2D eigenvalue weighted by molar-refractivity contribution is 5.94. The number of hydrogen-bond donors (Lipinski definition) is 3. The number of aromatic amines is 2. The van der Waals surface area contributed by atoms with Crippen LogP contribution in [0.2, 0.25) is 0 Å². The first-order valence-corrected chi connectivity index (χ1v) is 20.0. The van der Waals surface area contributed by atoms with Gasteiger partial charge in [-0.3, -0.25) is 4.98 Å². The highest BCUT2D eigenvalue weighted by Crippen LogP contribution is 2.44. The maximum absolute atomic E-state index is 5.60. The molecule has 0 amide bonds. The molecule has 2 aliphatic rings. The molecule has 5 heteroatoms. The molecule has 5 nitrogen and oxygen atoms in total. The molecule has 3 aromatic rings. The van der Waals surface area contributed by atoms with Crippen molar-refractivity contribution in [1.29, 1.82) is 0 Å². The van der Waals surface area contributed by atoms with Gasteiger partial charge in [-0.05, 0) is 119 Å². The van der Waals surface area contributed by atoms with E-state index >= 15 is 0 Å². The van der Waals surface area contributed by atoms with Crippen LogP contribution in [0.4, 0.5) is 0 Å². The Bertz CT molecular complexity index is 2210. The number of H-pyrrole nitrogens is 2. The second kappa shape index (κ2) is 16.4. The molecular weight excluding hydrogens is 659 g/mol. The molecule has 54 heavy (non-hydrogen) atoms. The van der Waals surface area contributed by atoms with Gasteiger partial charge in [0.2, 0.25) is 0 Å². The lowest BCUT2D eigenvalue weighted by molar-refractivity contribution is 0.404. The minimum absolute atomic E-state index is 0.205. The molecule has 0 saturated carbocycles. The molecule has 0 fully saturated rings. The number of allylic oxidation sites excluding steroid dienone is 4. The predicted molar refractivity (Wildman–Crippen MR) is 237 cm³/mol. The number of nitrogens with one attached hydrogen (secondary N) is 3. The van der Waals surface area contributed by atoms with E-state index in [9.17, 15) is 0 Å². The highest BCUT2D eigenvalue weighted by atomic mass is 14.9. The van der Waals surface area contributed by atoms with Crippen molar-refractivity contribution in [2.24, 2.45) is 5.41 Å². The molecule has 3 N–H and O–H groups in total. The minimum atomic E-state index is 0.205. The number of rotatable bonds is 14. The summed E-state index contributed by atoms with van der Waals surface area (Å²) in [4.78, 5) is 18.6. The van der Waals surface area contributed by atoms with Crippen LogP contribution < -0.4 is 5.32 Å². The van der Waals surface area contributed by atoms with E-state index in [0.717, 1.165) is 124 Å². The van der Waals surface area contributed by atoms with Gasteiger partial charge in [-0.25, -0.2) is 4.98 Å². The van der Waals surface area contributed by atoms with Crippen LogP contribution in [-0.2, 0) is 6.42 Å². The third-order valence-electron chi connectivity index (χ3n) is 11.4. The summed E-state index contributed by atoms with van der Waals surface area (Å²) in [5.74, 6) is 0.415. The summed E-state index contributed by atoms with van der Waals surface area (Å²) in [7, 11) is 0. The third kappa shape index (κ3) is 8.51. The van der Waals surface area contributed by atoms with Crippen molar-refractivity contribution in [2.75, 3.05) is 6.54 Å². The van der Waals surface area contributed by atoms with Crippen molar-refractivity contribution in [3.05, 3.63) is 118 Å². The van der Waals surface area contributed by atoms with E-state index in [1.54, 1.807) is 0 Å². The quantitative estimate of drug-likeness (QED) is 0.145. The van der Waals surface area contributed by atoms with Crippen LogP contribution in [-0.4, -0.2) is 26.5 Å². The van der Waals surface area contributed by atoms with Crippen LogP contribution in [0.25, 0.3) is 45.0 Å². The Hall–Kier alpha value is -4.64. The molecule has 5 rings (SSSR count). The molecule has 5 heterocycles. The Labute approximate surface area is 325 Å². The third-order valence-corrected chi connectivity index (χ3v) is 11.4. The molecular formula is C49H65N5. The fourth-order valence-electron chi connectivity index (χ4n) is 8.30. The van der Waals surface area contributed by atoms with E-state index in [-0.39, 0.29) is 17.3 Å². The molecule has 3 aromatic heterocycles. The van der Waals surface area contributed by atoms with Crippen LogP contribution in [0.1, 0.15) is 156 Å². The molecule has 2 aliphatic heterocycles. The highest BCUT2D eigenvalue weighted by Gasteiger charge is 2.32. The second-order valence-electron chi connectivity index (χ2n) is 17.1. The zero-order chi connectivity index (χ0) is 39.6. The van der Waals surface area contributed by atoms with Gasteiger partial charge in [-0.15, -0.1) is 6.58 Å². The van der Waals surface area contributed by atoms with E-state index in [4.69, 9.17) is 9.97 Å². The van der Waals surface area contributed by atoms with Crippen molar-refractivity contribution in [3.8, 4) is 0 Å². The molecule has 8 bridgehead atoms. The Balaban J connectivity index is 1.90. The van der Waals surface area contributed by atoms with Crippen LogP contribution in [0.5, 0.6) is 0 Å². The Morgan fingerprint density at radius 1 is 0.889 bits per heavy atom. The van der Waals surface area contributed by atoms with Crippen LogP contribution in [0.3, 0.4) is 0 Å². The number of aromatic nitrogens is 4. The summed E-state index contributed by atoms with van der Waals surface area (Å²) >= 11 is 0.